The summed E-state index contributed by atoms with van der Waals surface area (Å²) in [6, 6.07) is 11.9. The zero-order chi connectivity index (χ0) is 23.7. The van der Waals surface area contributed by atoms with Gasteiger partial charge in [-0.3, -0.25) is 14.4 Å². The van der Waals surface area contributed by atoms with Gasteiger partial charge in [0.2, 0.25) is 11.7 Å². The van der Waals surface area contributed by atoms with Gasteiger partial charge in [0.05, 0.1) is 5.39 Å². The first kappa shape index (κ1) is 22.4. The van der Waals surface area contributed by atoms with Gasteiger partial charge in [0.15, 0.2) is 11.8 Å². The maximum Gasteiger partial charge on any atom is 0.360 e. The number of anilines is 1. The normalized spacial score (nSPS) is 13.6. The number of nitrogens with zero attached hydrogens (tertiary/aromatic N) is 3. The number of rotatable bonds is 6. The molecular weight excluding hydrogens is 422 g/mol. The number of fused-ring (bicyclic) bond motifs is 2. The molecule has 1 amide bonds. The quantitative estimate of drug-likeness (QED) is 0.425. The van der Waals surface area contributed by atoms with Gasteiger partial charge < -0.3 is 9.64 Å². The Bertz CT molecular complexity index is 1330. The highest BCUT2D eigenvalue weighted by Gasteiger charge is 2.27. The Balaban J connectivity index is 1.59. The summed E-state index contributed by atoms with van der Waals surface area (Å²) in [7, 11) is 0. The summed E-state index contributed by atoms with van der Waals surface area (Å²) >= 11 is 0. The lowest BCUT2D eigenvalue weighted by Crippen LogP contribution is -2.29. The molecule has 1 atom stereocenters. The molecule has 33 heavy (non-hydrogen) atoms. The minimum atomic E-state index is -1.05. The molecule has 2 heterocycles. The lowest BCUT2D eigenvalue weighted by molar-refractivity contribution is -0.116. The third-order valence-electron chi connectivity index (χ3n) is 5.79. The van der Waals surface area contributed by atoms with Crippen LogP contribution in [-0.4, -0.2) is 40.1 Å². The molecule has 0 saturated carbocycles. The molecule has 4 rings (SSSR count). The standard InChI is InChI=1S/C25H25N3O5/c1-4-12-28-24(31)20-8-6-5-7-19(20)22(26-28)25(32)33-15(2)23(30)18-9-10-21-17(14-18)11-13-27(21)16(3)29/h5-10,14-15H,4,11-13H2,1-3H3. The van der Waals surface area contributed by atoms with Crippen molar-refractivity contribution < 1.29 is 19.1 Å². The van der Waals surface area contributed by atoms with E-state index in [0.717, 1.165) is 11.3 Å². The van der Waals surface area contributed by atoms with E-state index in [2.05, 4.69) is 5.10 Å². The third-order valence-corrected chi connectivity index (χ3v) is 5.79. The third kappa shape index (κ3) is 4.16. The fraction of sp³-hybridized carbons (Fsp3) is 0.320. The van der Waals surface area contributed by atoms with Crippen LogP contribution in [0.25, 0.3) is 10.8 Å². The zero-order valence-electron chi connectivity index (χ0n) is 18.8. The van der Waals surface area contributed by atoms with Gasteiger partial charge in [-0.1, -0.05) is 25.1 Å². The van der Waals surface area contributed by atoms with E-state index in [1.54, 1.807) is 47.4 Å². The summed E-state index contributed by atoms with van der Waals surface area (Å²) in [6.45, 7) is 5.88. The molecule has 0 radical (unpaired) electrons. The van der Waals surface area contributed by atoms with Crippen LogP contribution in [0.15, 0.2) is 47.3 Å². The fourth-order valence-corrected chi connectivity index (χ4v) is 4.14. The monoisotopic (exact) mass is 447 g/mol. The predicted molar refractivity (Wildman–Crippen MR) is 124 cm³/mol. The molecule has 1 aromatic heterocycles. The van der Waals surface area contributed by atoms with Gasteiger partial charge in [-0.15, -0.1) is 0 Å². The topological polar surface area (TPSA) is 98.6 Å². The zero-order valence-corrected chi connectivity index (χ0v) is 18.8. The van der Waals surface area contributed by atoms with Gasteiger partial charge >= 0.3 is 5.97 Å². The SMILES string of the molecule is CCCn1nc(C(=O)OC(C)C(=O)c2ccc3c(c2)CCN3C(C)=O)c2ccccc2c1=O. The number of carbonyl (C=O) groups is 3. The molecule has 1 unspecified atom stereocenters. The van der Waals surface area contributed by atoms with E-state index in [9.17, 15) is 19.2 Å². The second-order valence-corrected chi connectivity index (χ2v) is 8.10. The number of aromatic nitrogens is 2. The van der Waals surface area contributed by atoms with E-state index in [1.165, 1.54) is 18.5 Å². The Labute approximate surface area is 190 Å². The summed E-state index contributed by atoms with van der Waals surface area (Å²) in [5, 5.41) is 4.99. The van der Waals surface area contributed by atoms with Crippen molar-refractivity contribution in [1.82, 2.24) is 9.78 Å². The number of Topliss-reactive ketones (excluding diaryl/α,β-unsaturated/α-hetero) is 1. The Hall–Kier alpha value is -3.81. The maximum absolute atomic E-state index is 13.0. The van der Waals surface area contributed by atoms with Crippen LogP contribution >= 0.6 is 0 Å². The van der Waals surface area contributed by atoms with Gasteiger partial charge in [-0.05, 0) is 49.6 Å². The van der Waals surface area contributed by atoms with Crippen molar-refractivity contribution >= 4 is 34.1 Å². The van der Waals surface area contributed by atoms with E-state index in [0.29, 0.717) is 42.3 Å². The van der Waals surface area contributed by atoms with Crippen molar-refractivity contribution in [2.75, 3.05) is 11.4 Å². The second-order valence-electron chi connectivity index (χ2n) is 8.10. The van der Waals surface area contributed by atoms with Crippen LogP contribution in [0, 0.1) is 0 Å². The van der Waals surface area contributed by atoms with E-state index in [4.69, 9.17) is 4.74 Å². The molecular formula is C25H25N3O5. The van der Waals surface area contributed by atoms with Crippen LogP contribution in [0.5, 0.6) is 0 Å². The van der Waals surface area contributed by atoms with E-state index in [1.807, 2.05) is 6.92 Å². The van der Waals surface area contributed by atoms with Gasteiger partial charge in [0.1, 0.15) is 0 Å². The fourth-order valence-electron chi connectivity index (χ4n) is 4.14. The highest BCUT2D eigenvalue weighted by atomic mass is 16.5. The molecule has 8 nitrogen and oxygen atoms in total. The molecule has 0 N–H and O–H groups in total. The first-order valence-corrected chi connectivity index (χ1v) is 11.0. The highest BCUT2D eigenvalue weighted by Crippen LogP contribution is 2.29. The van der Waals surface area contributed by atoms with Gasteiger partial charge in [0.25, 0.3) is 5.56 Å². The van der Waals surface area contributed by atoms with Crippen LogP contribution in [0.3, 0.4) is 0 Å². The molecule has 0 spiro atoms. The summed E-state index contributed by atoms with van der Waals surface area (Å²) in [6.07, 6.45) is 0.292. The number of amides is 1. The van der Waals surface area contributed by atoms with Crippen molar-refractivity contribution in [2.45, 2.75) is 46.3 Å². The number of ketones is 1. The van der Waals surface area contributed by atoms with Crippen molar-refractivity contribution in [2.24, 2.45) is 0 Å². The molecule has 0 aliphatic carbocycles. The van der Waals surface area contributed by atoms with Crippen LogP contribution in [0.2, 0.25) is 0 Å². The largest absolute Gasteiger partial charge is 0.449 e. The van der Waals surface area contributed by atoms with Crippen molar-refractivity contribution in [3.05, 3.63) is 69.6 Å². The predicted octanol–water partition coefficient (Wildman–Crippen LogP) is 3.14. The lowest BCUT2D eigenvalue weighted by Gasteiger charge is -2.16. The first-order chi connectivity index (χ1) is 15.8. The number of carbonyl (C=O) groups excluding carboxylic acids is 3. The maximum atomic E-state index is 13.0. The Kier molecular flexibility index (Phi) is 6.09. The van der Waals surface area contributed by atoms with Crippen LogP contribution in [0.4, 0.5) is 5.69 Å². The average Bonchev–Trinajstić information content (AvgIpc) is 3.24. The molecule has 8 heteroatoms. The highest BCUT2D eigenvalue weighted by molar-refractivity contribution is 6.05. The smallest absolute Gasteiger partial charge is 0.360 e. The Morgan fingerprint density at radius 3 is 2.55 bits per heavy atom. The molecule has 1 aliphatic rings. The minimum absolute atomic E-state index is 0.00403. The van der Waals surface area contributed by atoms with Gasteiger partial charge in [0, 0.05) is 36.7 Å². The van der Waals surface area contributed by atoms with Gasteiger partial charge in [-0.2, -0.15) is 5.10 Å². The molecule has 2 aromatic carbocycles. The molecule has 3 aromatic rings. The van der Waals surface area contributed by atoms with Crippen LogP contribution in [0.1, 0.15) is 53.6 Å². The van der Waals surface area contributed by atoms with Crippen LogP contribution in [-0.2, 0) is 22.5 Å². The molecule has 0 saturated heterocycles. The Morgan fingerprint density at radius 2 is 1.85 bits per heavy atom. The van der Waals surface area contributed by atoms with Crippen LogP contribution < -0.4 is 10.5 Å². The van der Waals surface area contributed by atoms with E-state index < -0.39 is 12.1 Å². The van der Waals surface area contributed by atoms with Gasteiger partial charge in [-0.25, -0.2) is 9.48 Å². The number of aryl methyl sites for hydroxylation is 1. The summed E-state index contributed by atoms with van der Waals surface area (Å²) < 4.78 is 6.74. The van der Waals surface area contributed by atoms with Crippen molar-refractivity contribution in [1.29, 1.82) is 0 Å². The molecule has 0 bridgehead atoms. The molecule has 170 valence electrons. The van der Waals surface area contributed by atoms with Crippen molar-refractivity contribution in [3.8, 4) is 0 Å². The summed E-state index contributed by atoms with van der Waals surface area (Å²) in [5.74, 6) is -1.15. The summed E-state index contributed by atoms with van der Waals surface area (Å²) in [4.78, 5) is 52.0. The van der Waals surface area contributed by atoms with E-state index >= 15 is 0 Å². The van der Waals surface area contributed by atoms with Crippen molar-refractivity contribution in [3.63, 3.8) is 0 Å². The molecule has 1 aliphatic heterocycles. The average molecular weight is 447 g/mol. The number of hydrogen-bond donors (Lipinski definition) is 0. The number of esters is 1. The number of benzene rings is 2. The molecule has 0 fully saturated rings. The lowest BCUT2D eigenvalue weighted by atomic mass is 10.0. The number of ether oxygens (including phenoxy) is 1. The first-order valence-electron chi connectivity index (χ1n) is 11.0. The van der Waals surface area contributed by atoms with E-state index in [-0.39, 0.29) is 22.9 Å². The minimum Gasteiger partial charge on any atom is -0.449 e. The summed E-state index contributed by atoms with van der Waals surface area (Å²) in [5.41, 5.74) is 1.86. The second kappa shape index (κ2) is 8.97. The Morgan fingerprint density at radius 1 is 1.12 bits per heavy atom. The number of hydrogen-bond acceptors (Lipinski definition) is 6.